The third-order valence-electron chi connectivity index (χ3n) is 3.58. The lowest BCUT2D eigenvalue weighted by molar-refractivity contribution is 0.289. The molecule has 1 rings (SSSR count). The van der Waals surface area contributed by atoms with Crippen LogP contribution >= 0.6 is 0 Å². The summed E-state index contributed by atoms with van der Waals surface area (Å²) < 4.78 is 32.6. The molecule has 0 aliphatic heterocycles. The first kappa shape index (κ1) is 17.0. The molecule has 20 heavy (non-hydrogen) atoms. The van der Waals surface area contributed by atoms with Gasteiger partial charge in [-0.3, -0.25) is 0 Å². The lowest BCUT2D eigenvalue weighted by Gasteiger charge is -2.25. The fourth-order valence-corrected chi connectivity index (χ4v) is 3.61. The van der Waals surface area contributed by atoms with E-state index in [4.69, 9.17) is 4.74 Å². The van der Waals surface area contributed by atoms with Gasteiger partial charge in [-0.1, -0.05) is 39.8 Å². The second kappa shape index (κ2) is 7.09. The summed E-state index contributed by atoms with van der Waals surface area (Å²) in [5, 5.41) is 0. The fourth-order valence-electron chi connectivity index (χ4n) is 2.37. The summed E-state index contributed by atoms with van der Waals surface area (Å²) in [6.45, 7) is 8.89. The van der Waals surface area contributed by atoms with Crippen molar-refractivity contribution in [3.05, 3.63) is 24.3 Å². The first-order chi connectivity index (χ1) is 9.29. The third-order valence-corrected chi connectivity index (χ3v) is 5.04. The predicted octanol–water partition coefficient (Wildman–Crippen LogP) is 2.90. The van der Waals surface area contributed by atoms with Crippen molar-refractivity contribution in [1.82, 2.24) is 4.72 Å². The van der Waals surface area contributed by atoms with Crippen molar-refractivity contribution >= 4 is 10.0 Å². The highest BCUT2D eigenvalue weighted by atomic mass is 32.2. The SMILES string of the molecule is COc1ccccc1S(=O)(=O)NCC(C(C)C)C(C)C. The van der Waals surface area contributed by atoms with Crippen molar-refractivity contribution in [3.63, 3.8) is 0 Å². The Hall–Kier alpha value is -1.07. The minimum absolute atomic E-state index is 0.189. The Kier molecular flexibility index (Phi) is 6.02. The number of hydrogen-bond acceptors (Lipinski definition) is 3. The molecule has 0 unspecified atom stereocenters. The average molecular weight is 299 g/mol. The van der Waals surface area contributed by atoms with Gasteiger partial charge < -0.3 is 4.74 Å². The Morgan fingerprint density at radius 2 is 1.65 bits per heavy atom. The highest BCUT2D eigenvalue weighted by molar-refractivity contribution is 7.89. The van der Waals surface area contributed by atoms with Gasteiger partial charge >= 0.3 is 0 Å². The molecule has 0 atom stereocenters. The molecule has 0 aliphatic rings. The van der Waals surface area contributed by atoms with Crippen LogP contribution in [0.5, 0.6) is 5.75 Å². The monoisotopic (exact) mass is 299 g/mol. The van der Waals surface area contributed by atoms with Crippen molar-refractivity contribution < 1.29 is 13.2 Å². The van der Waals surface area contributed by atoms with Crippen LogP contribution in [0.4, 0.5) is 0 Å². The van der Waals surface area contributed by atoms with E-state index in [2.05, 4.69) is 32.4 Å². The molecule has 0 radical (unpaired) electrons. The number of rotatable bonds is 7. The summed E-state index contributed by atoms with van der Waals surface area (Å²) in [6.07, 6.45) is 0. The van der Waals surface area contributed by atoms with Crippen LogP contribution in [0.15, 0.2) is 29.2 Å². The summed E-state index contributed by atoms with van der Waals surface area (Å²) >= 11 is 0. The van der Waals surface area contributed by atoms with E-state index in [1.165, 1.54) is 7.11 Å². The highest BCUT2D eigenvalue weighted by Gasteiger charge is 2.23. The molecule has 0 saturated heterocycles. The Balaban J connectivity index is 2.90. The van der Waals surface area contributed by atoms with Gasteiger partial charge in [-0.15, -0.1) is 0 Å². The van der Waals surface area contributed by atoms with Crippen LogP contribution in [0.3, 0.4) is 0 Å². The van der Waals surface area contributed by atoms with Crippen molar-refractivity contribution in [1.29, 1.82) is 0 Å². The lowest BCUT2D eigenvalue weighted by Crippen LogP contribution is -2.34. The number of hydrogen-bond donors (Lipinski definition) is 1. The molecular formula is C15H25NO3S. The smallest absolute Gasteiger partial charge is 0.244 e. The molecule has 4 nitrogen and oxygen atoms in total. The third kappa shape index (κ3) is 4.21. The molecule has 0 saturated carbocycles. The van der Waals surface area contributed by atoms with E-state index in [0.29, 0.717) is 30.0 Å². The molecule has 1 aromatic rings. The van der Waals surface area contributed by atoms with Gasteiger partial charge in [-0.05, 0) is 29.9 Å². The van der Waals surface area contributed by atoms with Gasteiger partial charge in [0.1, 0.15) is 10.6 Å². The van der Waals surface area contributed by atoms with E-state index in [0.717, 1.165) is 0 Å². The average Bonchev–Trinajstić information content (AvgIpc) is 2.37. The first-order valence-corrected chi connectivity index (χ1v) is 8.40. The molecule has 0 bridgehead atoms. The number of para-hydroxylation sites is 1. The van der Waals surface area contributed by atoms with Gasteiger partial charge in [0.2, 0.25) is 10.0 Å². The highest BCUT2D eigenvalue weighted by Crippen LogP contribution is 2.24. The summed E-state index contributed by atoms with van der Waals surface area (Å²) in [7, 11) is -2.07. The van der Waals surface area contributed by atoms with Gasteiger partial charge in [0.15, 0.2) is 0 Å². The van der Waals surface area contributed by atoms with Crippen LogP contribution in [0.1, 0.15) is 27.7 Å². The number of methoxy groups -OCH3 is 1. The van der Waals surface area contributed by atoms with Gasteiger partial charge in [0.05, 0.1) is 7.11 Å². The molecule has 1 N–H and O–H groups in total. The molecule has 1 aromatic carbocycles. The normalized spacial score (nSPS) is 12.4. The quantitative estimate of drug-likeness (QED) is 0.842. The first-order valence-electron chi connectivity index (χ1n) is 6.92. The van der Waals surface area contributed by atoms with Gasteiger partial charge in [0.25, 0.3) is 0 Å². The summed E-state index contributed by atoms with van der Waals surface area (Å²) in [6, 6.07) is 6.65. The zero-order chi connectivity index (χ0) is 15.3. The topological polar surface area (TPSA) is 55.4 Å². The number of nitrogens with one attached hydrogen (secondary N) is 1. The van der Waals surface area contributed by atoms with E-state index in [-0.39, 0.29) is 4.90 Å². The Morgan fingerprint density at radius 1 is 1.10 bits per heavy atom. The van der Waals surface area contributed by atoms with Gasteiger partial charge in [-0.25, -0.2) is 13.1 Å². The maximum absolute atomic E-state index is 12.4. The summed E-state index contributed by atoms with van der Waals surface area (Å²) in [5.41, 5.74) is 0. The molecule has 0 aliphatic carbocycles. The van der Waals surface area contributed by atoms with Crippen LogP contribution in [-0.2, 0) is 10.0 Å². The van der Waals surface area contributed by atoms with E-state index in [9.17, 15) is 8.42 Å². The van der Waals surface area contributed by atoms with E-state index in [1.807, 2.05) is 0 Å². The van der Waals surface area contributed by atoms with Crippen LogP contribution in [0.2, 0.25) is 0 Å². The van der Waals surface area contributed by atoms with Crippen molar-refractivity contribution in [2.45, 2.75) is 32.6 Å². The molecule has 0 spiro atoms. The van der Waals surface area contributed by atoms with Crippen molar-refractivity contribution in [3.8, 4) is 5.75 Å². The van der Waals surface area contributed by atoms with Crippen molar-refractivity contribution in [2.24, 2.45) is 17.8 Å². The lowest BCUT2D eigenvalue weighted by atomic mass is 9.86. The standard InChI is InChI=1S/C15H25NO3S/c1-11(2)13(12(3)4)10-16-20(17,18)15-9-7-6-8-14(15)19-5/h6-9,11-13,16H,10H2,1-5H3. The van der Waals surface area contributed by atoms with E-state index in [1.54, 1.807) is 24.3 Å². The summed E-state index contributed by atoms with van der Waals surface area (Å²) in [5.74, 6) is 1.52. The van der Waals surface area contributed by atoms with Crippen LogP contribution in [-0.4, -0.2) is 22.1 Å². The molecular weight excluding hydrogens is 274 g/mol. The molecule has 0 heterocycles. The van der Waals surface area contributed by atoms with E-state index >= 15 is 0 Å². The molecule has 0 aromatic heterocycles. The fraction of sp³-hybridized carbons (Fsp3) is 0.600. The number of benzene rings is 1. The molecule has 0 fully saturated rings. The van der Waals surface area contributed by atoms with Crippen LogP contribution < -0.4 is 9.46 Å². The minimum atomic E-state index is -3.54. The Labute approximate surface area is 122 Å². The number of ether oxygens (including phenoxy) is 1. The zero-order valence-electron chi connectivity index (χ0n) is 12.9. The Morgan fingerprint density at radius 3 is 2.15 bits per heavy atom. The predicted molar refractivity (Wildman–Crippen MR) is 81.3 cm³/mol. The second-order valence-electron chi connectivity index (χ2n) is 5.65. The number of sulfonamides is 1. The molecule has 5 heteroatoms. The molecule has 0 amide bonds. The Bertz CT molecular complexity index is 516. The van der Waals surface area contributed by atoms with Gasteiger partial charge in [-0.2, -0.15) is 0 Å². The minimum Gasteiger partial charge on any atom is -0.495 e. The van der Waals surface area contributed by atoms with E-state index < -0.39 is 10.0 Å². The second-order valence-corrected chi connectivity index (χ2v) is 7.39. The summed E-state index contributed by atoms with van der Waals surface area (Å²) in [4.78, 5) is 0.189. The van der Waals surface area contributed by atoms with Crippen LogP contribution in [0, 0.1) is 17.8 Å². The van der Waals surface area contributed by atoms with Crippen molar-refractivity contribution in [2.75, 3.05) is 13.7 Å². The largest absolute Gasteiger partial charge is 0.495 e. The zero-order valence-corrected chi connectivity index (χ0v) is 13.7. The van der Waals surface area contributed by atoms with Gasteiger partial charge in [0, 0.05) is 6.54 Å². The molecule has 114 valence electrons. The maximum Gasteiger partial charge on any atom is 0.244 e. The van der Waals surface area contributed by atoms with Crippen LogP contribution in [0.25, 0.3) is 0 Å². The maximum atomic E-state index is 12.4.